The molecular formula is C18H16N4O3S. The van der Waals surface area contributed by atoms with E-state index in [0.717, 1.165) is 14.9 Å². The lowest BCUT2D eigenvalue weighted by Gasteiger charge is -2.09. The average molecular weight is 368 g/mol. The number of nitrogens with zero attached hydrogens (tertiary/aromatic N) is 2. The molecule has 0 aliphatic heterocycles. The first kappa shape index (κ1) is 16.5. The highest BCUT2D eigenvalue weighted by molar-refractivity contribution is 7.90. The van der Waals surface area contributed by atoms with E-state index in [-0.39, 0.29) is 10.5 Å². The second-order valence-corrected chi connectivity index (χ2v) is 7.64. The molecule has 0 saturated carbocycles. The Balaban J connectivity index is 2.04. The third kappa shape index (κ3) is 2.42. The van der Waals surface area contributed by atoms with E-state index in [9.17, 15) is 13.2 Å². The molecule has 0 atom stereocenters. The lowest BCUT2D eigenvalue weighted by atomic mass is 10.1. The molecule has 2 aromatic carbocycles. The van der Waals surface area contributed by atoms with Gasteiger partial charge in [-0.2, -0.15) is 3.97 Å². The summed E-state index contributed by atoms with van der Waals surface area (Å²) in [7, 11) is -4.13. The van der Waals surface area contributed by atoms with Crippen LogP contribution in [0.4, 0.5) is 0 Å². The molecule has 26 heavy (non-hydrogen) atoms. The Morgan fingerprint density at radius 3 is 2.65 bits per heavy atom. The smallest absolute Gasteiger partial charge is 0.330 e. The zero-order valence-corrected chi connectivity index (χ0v) is 14.5. The third-order valence-corrected chi connectivity index (χ3v) is 6.04. The maximum Gasteiger partial charge on any atom is 0.342 e. The molecule has 7 nitrogen and oxygen atoms in total. The highest BCUT2D eigenvalue weighted by Gasteiger charge is 2.26. The number of benzene rings is 2. The second kappa shape index (κ2) is 6.08. The van der Waals surface area contributed by atoms with Gasteiger partial charge >= 0.3 is 5.69 Å². The summed E-state index contributed by atoms with van der Waals surface area (Å²) in [6.45, 7) is 0.377. The van der Waals surface area contributed by atoms with Crippen LogP contribution in [-0.2, 0) is 16.4 Å². The van der Waals surface area contributed by atoms with E-state index < -0.39 is 15.7 Å². The molecule has 0 unspecified atom stereocenters. The van der Waals surface area contributed by atoms with E-state index in [1.54, 1.807) is 24.3 Å². The van der Waals surface area contributed by atoms with Gasteiger partial charge in [0.15, 0.2) is 5.65 Å². The molecule has 8 heteroatoms. The number of hydrogen-bond acceptors (Lipinski definition) is 5. The van der Waals surface area contributed by atoms with Gasteiger partial charge in [-0.15, -0.1) is 0 Å². The lowest BCUT2D eigenvalue weighted by Crippen LogP contribution is -2.25. The van der Waals surface area contributed by atoms with Gasteiger partial charge in [-0.25, -0.2) is 18.2 Å². The summed E-state index contributed by atoms with van der Waals surface area (Å²) in [4.78, 5) is 19.3. The molecule has 2 heterocycles. The van der Waals surface area contributed by atoms with Gasteiger partial charge in [0.1, 0.15) is 0 Å². The normalized spacial score (nSPS) is 12.0. The summed E-state index contributed by atoms with van der Waals surface area (Å²) in [5, 5.41) is 1.33. The summed E-state index contributed by atoms with van der Waals surface area (Å²) < 4.78 is 27.3. The Bertz CT molecular complexity index is 1280. The number of rotatable bonds is 4. The maximum atomic E-state index is 13.3. The van der Waals surface area contributed by atoms with E-state index in [1.165, 1.54) is 12.3 Å². The third-order valence-electron chi connectivity index (χ3n) is 4.31. The van der Waals surface area contributed by atoms with Crippen LogP contribution in [-0.4, -0.2) is 28.9 Å². The lowest BCUT2D eigenvalue weighted by molar-refractivity contribution is 0.587. The number of H-pyrrole nitrogens is 1. The van der Waals surface area contributed by atoms with Crippen LogP contribution in [0.5, 0.6) is 0 Å². The van der Waals surface area contributed by atoms with Crippen molar-refractivity contribution in [2.24, 2.45) is 5.73 Å². The minimum Gasteiger partial charge on any atom is -0.330 e. The van der Waals surface area contributed by atoms with Crippen molar-refractivity contribution in [2.45, 2.75) is 11.3 Å². The number of imidazole rings is 1. The van der Waals surface area contributed by atoms with Crippen molar-refractivity contribution >= 4 is 32.0 Å². The van der Waals surface area contributed by atoms with Crippen molar-refractivity contribution in [3.05, 3.63) is 70.8 Å². The summed E-state index contributed by atoms with van der Waals surface area (Å²) in [6.07, 6.45) is 1.99. The molecule has 0 aliphatic rings. The van der Waals surface area contributed by atoms with Crippen LogP contribution in [0.2, 0.25) is 0 Å². The molecule has 4 rings (SSSR count). The van der Waals surface area contributed by atoms with Gasteiger partial charge in [-0.3, -0.25) is 0 Å². The molecule has 132 valence electrons. The quantitative estimate of drug-likeness (QED) is 0.569. The summed E-state index contributed by atoms with van der Waals surface area (Å²) in [5.41, 5.74) is 6.08. The molecule has 0 saturated heterocycles. The number of pyridine rings is 1. The highest BCUT2D eigenvalue weighted by atomic mass is 32.2. The number of aromatic nitrogens is 3. The molecule has 0 aliphatic carbocycles. The van der Waals surface area contributed by atoms with Crippen molar-refractivity contribution in [3.63, 3.8) is 0 Å². The predicted octanol–water partition coefficient (Wildman–Crippen LogP) is 1.62. The largest absolute Gasteiger partial charge is 0.342 e. The van der Waals surface area contributed by atoms with Gasteiger partial charge < -0.3 is 10.7 Å². The molecule has 0 radical (unpaired) electrons. The van der Waals surface area contributed by atoms with Gasteiger partial charge in [0.05, 0.1) is 10.4 Å². The van der Waals surface area contributed by atoms with Gasteiger partial charge in [-0.05, 0) is 36.0 Å². The van der Waals surface area contributed by atoms with Crippen LogP contribution in [0.25, 0.3) is 21.9 Å². The van der Waals surface area contributed by atoms with Crippen LogP contribution in [0, 0.1) is 0 Å². The fraction of sp³-hybridized carbons (Fsp3) is 0.111. The Hall–Kier alpha value is -2.97. The number of hydrogen-bond donors (Lipinski definition) is 2. The van der Waals surface area contributed by atoms with Crippen LogP contribution in [0.1, 0.15) is 5.56 Å². The Morgan fingerprint density at radius 2 is 1.85 bits per heavy atom. The fourth-order valence-corrected chi connectivity index (χ4v) is 4.68. The summed E-state index contributed by atoms with van der Waals surface area (Å²) >= 11 is 0. The number of nitrogens with one attached hydrogen (secondary N) is 1. The van der Waals surface area contributed by atoms with Crippen LogP contribution in [0.15, 0.2) is 64.4 Å². The van der Waals surface area contributed by atoms with Crippen LogP contribution in [0.3, 0.4) is 0 Å². The average Bonchev–Trinajstić information content (AvgIpc) is 2.99. The maximum absolute atomic E-state index is 13.3. The monoisotopic (exact) mass is 368 g/mol. The van der Waals surface area contributed by atoms with Crippen LogP contribution < -0.4 is 11.4 Å². The zero-order valence-electron chi connectivity index (χ0n) is 13.7. The van der Waals surface area contributed by atoms with Crippen molar-refractivity contribution in [1.82, 2.24) is 13.9 Å². The van der Waals surface area contributed by atoms with Crippen molar-refractivity contribution in [1.29, 1.82) is 0 Å². The van der Waals surface area contributed by atoms with Gasteiger partial charge in [0.25, 0.3) is 10.0 Å². The molecule has 4 aromatic rings. The first-order chi connectivity index (χ1) is 12.5. The number of nitrogens with two attached hydrogens (primary N) is 1. The Kier molecular flexibility index (Phi) is 3.86. The summed E-state index contributed by atoms with van der Waals surface area (Å²) in [5.74, 6) is 0. The topological polar surface area (TPSA) is 111 Å². The molecule has 0 amide bonds. The standard InChI is InChI=1S/C18H16N4O3S/c19-10-8-13-9-11-20-17-16(13)21-18(23)22(17)26(24,25)15-7-3-5-12-4-1-2-6-14(12)15/h1-7,9,11H,8,10,19H2,(H,21,23). The number of fused-ring (bicyclic) bond motifs is 2. The summed E-state index contributed by atoms with van der Waals surface area (Å²) in [6, 6.07) is 13.8. The van der Waals surface area contributed by atoms with Gasteiger partial charge in [0.2, 0.25) is 0 Å². The zero-order chi connectivity index (χ0) is 18.3. The highest BCUT2D eigenvalue weighted by Crippen LogP contribution is 2.26. The van der Waals surface area contributed by atoms with E-state index in [1.807, 2.05) is 18.2 Å². The van der Waals surface area contributed by atoms with E-state index in [4.69, 9.17) is 5.73 Å². The molecule has 2 aromatic heterocycles. The molecule has 0 fully saturated rings. The van der Waals surface area contributed by atoms with Crippen LogP contribution >= 0.6 is 0 Å². The Morgan fingerprint density at radius 1 is 1.08 bits per heavy atom. The van der Waals surface area contributed by atoms with E-state index >= 15 is 0 Å². The first-order valence-electron chi connectivity index (χ1n) is 8.06. The van der Waals surface area contributed by atoms with Crippen molar-refractivity contribution in [3.8, 4) is 0 Å². The Labute approximate surface area is 149 Å². The molecule has 0 bridgehead atoms. The second-order valence-electron chi connectivity index (χ2n) is 5.88. The van der Waals surface area contributed by atoms with Crippen molar-refractivity contribution < 1.29 is 8.42 Å². The first-order valence-corrected chi connectivity index (χ1v) is 9.50. The molecular weight excluding hydrogens is 352 g/mol. The molecule has 3 N–H and O–H groups in total. The van der Waals surface area contributed by atoms with E-state index in [0.29, 0.717) is 23.9 Å². The SMILES string of the molecule is NCCc1ccnc2c1[nH]c(=O)n2S(=O)(=O)c1cccc2ccccc12. The minimum atomic E-state index is -4.13. The van der Waals surface area contributed by atoms with Gasteiger partial charge in [0, 0.05) is 11.6 Å². The molecule has 0 spiro atoms. The number of aromatic amines is 1. The van der Waals surface area contributed by atoms with Gasteiger partial charge in [-0.1, -0.05) is 36.4 Å². The van der Waals surface area contributed by atoms with E-state index in [2.05, 4.69) is 9.97 Å². The fourth-order valence-electron chi connectivity index (χ4n) is 3.14. The van der Waals surface area contributed by atoms with Crippen molar-refractivity contribution in [2.75, 3.05) is 6.54 Å². The minimum absolute atomic E-state index is 0.0598. The predicted molar refractivity (Wildman–Crippen MR) is 99.6 cm³/mol.